The molecule has 2 aromatic rings. The Hall–Kier alpha value is -2.46. The van der Waals surface area contributed by atoms with Gasteiger partial charge in [0.1, 0.15) is 23.7 Å². The molecule has 9 nitrogen and oxygen atoms in total. The Kier molecular flexibility index (Phi) is 7.75. The number of aromatic nitrogens is 3. The highest BCUT2D eigenvalue weighted by Crippen LogP contribution is 2.35. The highest BCUT2D eigenvalue weighted by molar-refractivity contribution is 6.76. The molecule has 1 aliphatic carbocycles. The minimum absolute atomic E-state index is 0.104. The van der Waals surface area contributed by atoms with Crippen LogP contribution in [0.4, 0.5) is 10.6 Å². The van der Waals surface area contributed by atoms with Crippen LogP contribution in [0.25, 0.3) is 11.2 Å². The molecule has 1 saturated heterocycles. The van der Waals surface area contributed by atoms with E-state index >= 15 is 0 Å². The van der Waals surface area contributed by atoms with Crippen molar-refractivity contribution in [3.8, 4) is 0 Å². The molecule has 0 spiro atoms. The number of fused-ring (bicyclic) bond motifs is 1. The number of carbonyl (C=O) groups is 2. The average Bonchev–Trinajstić information content (AvgIpc) is 3.57. The summed E-state index contributed by atoms with van der Waals surface area (Å²) in [6, 6.07) is 1.26. The van der Waals surface area contributed by atoms with Gasteiger partial charge in [0.2, 0.25) is 0 Å². The van der Waals surface area contributed by atoms with Crippen LogP contribution in [0, 0.1) is 5.92 Å². The van der Waals surface area contributed by atoms with Crippen molar-refractivity contribution in [3.63, 3.8) is 0 Å². The molecule has 0 radical (unpaired) electrons. The van der Waals surface area contributed by atoms with Gasteiger partial charge in [-0.3, -0.25) is 4.79 Å². The van der Waals surface area contributed by atoms with Crippen LogP contribution >= 0.6 is 0 Å². The zero-order valence-corrected chi connectivity index (χ0v) is 23.6. The van der Waals surface area contributed by atoms with Gasteiger partial charge in [0.25, 0.3) is 0 Å². The zero-order valence-electron chi connectivity index (χ0n) is 22.6. The molecule has 2 aromatic heterocycles. The Morgan fingerprint density at radius 1 is 1.14 bits per heavy atom. The lowest BCUT2D eigenvalue weighted by atomic mass is 10.1. The maximum atomic E-state index is 13.0. The molecule has 36 heavy (non-hydrogen) atoms. The molecule has 0 unspecified atom stereocenters. The Labute approximate surface area is 214 Å². The third-order valence-electron chi connectivity index (χ3n) is 6.50. The van der Waals surface area contributed by atoms with E-state index in [1.54, 1.807) is 11.1 Å². The Balaban J connectivity index is 1.43. The predicted octanol–water partition coefficient (Wildman–Crippen LogP) is 5.15. The van der Waals surface area contributed by atoms with Gasteiger partial charge in [0.05, 0.1) is 11.8 Å². The van der Waals surface area contributed by atoms with Gasteiger partial charge in [0.15, 0.2) is 11.4 Å². The average molecular weight is 516 g/mol. The van der Waals surface area contributed by atoms with Crippen LogP contribution in [-0.4, -0.2) is 70.7 Å². The molecule has 2 fully saturated rings. The fraction of sp³-hybridized carbons (Fsp3) is 0.692. The summed E-state index contributed by atoms with van der Waals surface area (Å²) in [5.41, 5.74) is 1.45. The van der Waals surface area contributed by atoms with E-state index in [-0.39, 0.29) is 23.8 Å². The number of piperidine rings is 1. The van der Waals surface area contributed by atoms with Crippen molar-refractivity contribution in [1.29, 1.82) is 0 Å². The number of amides is 1. The number of anilines is 1. The van der Waals surface area contributed by atoms with Gasteiger partial charge < -0.3 is 24.3 Å². The molecule has 10 heteroatoms. The van der Waals surface area contributed by atoms with Crippen LogP contribution in [0.1, 0.15) is 56.8 Å². The van der Waals surface area contributed by atoms with Crippen molar-refractivity contribution >= 4 is 36.9 Å². The van der Waals surface area contributed by atoms with Crippen LogP contribution in [0.15, 0.2) is 12.4 Å². The van der Waals surface area contributed by atoms with Gasteiger partial charge in [-0.1, -0.05) is 19.6 Å². The second-order valence-electron chi connectivity index (χ2n) is 12.3. The number of hydrogen-bond donors (Lipinski definition) is 1. The van der Waals surface area contributed by atoms with Gasteiger partial charge in [-0.25, -0.2) is 14.8 Å². The standard InChI is InChI=1S/C26H41N5O4Si/c1-26(2,3)35-25(33)30-11-9-19(10-12-30)28-21-15-27-24-22(29-21)20(23(32)18-7-8-18)16-31(24)17-34-13-14-36(4,5)6/h15-16,18-19H,7-14,17H2,1-6H3,(H,28,29). The minimum atomic E-state index is -1.17. The first-order chi connectivity index (χ1) is 16.9. The summed E-state index contributed by atoms with van der Waals surface area (Å²) in [4.78, 5) is 36.6. The smallest absolute Gasteiger partial charge is 0.410 e. The van der Waals surface area contributed by atoms with Gasteiger partial charge in [-0.15, -0.1) is 0 Å². The van der Waals surface area contributed by atoms with Crippen molar-refractivity contribution in [1.82, 2.24) is 19.4 Å². The Morgan fingerprint density at radius 3 is 2.44 bits per heavy atom. The number of nitrogens with one attached hydrogen (secondary N) is 1. The molecule has 0 aromatic carbocycles. The van der Waals surface area contributed by atoms with Gasteiger partial charge in [-0.2, -0.15) is 0 Å². The molecule has 4 rings (SSSR count). The molecule has 1 N–H and O–H groups in total. The first-order valence-corrected chi connectivity index (χ1v) is 16.8. The number of ketones is 1. The molecular formula is C26H41N5O4Si. The van der Waals surface area contributed by atoms with E-state index in [0.29, 0.717) is 49.0 Å². The van der Waals surface area contributed by atoms with E-state index in [1.165, 1.54) is 0 Å². The normalized spacial score (nSPS) is 17.4. The summed E-state index contributed by atoms with van der Waals surface area (Å²) in [5, 5.41) is 3.47. The first kappa shape index (κ1) is 26.6. The molecular weight excluding hydrogens is 474 g/mol. The van der Waals surface area contributed by atoms with Crippen molar-refractivity contribution in [2.45, 2.75) is 90.5 Å². The maximum absolute atomic E-state index is 13.0. The van der Waals surface area contributed by atoms with E-state index in [9.17, 15) is 9.59 Å². The molecule has 1 saturated carbocycles. The fourth-order valence-electron chi connectivity index (χ4n) is 4.25. The Morgan fingerprint density at radius 2 is 1.83 bits per heavy atom. The second kappa shape index (κ2) is 10.5. The lowest BCUT2D eigenvalue weighted by Gasteiger charge is -2.33. The van der Waals surface area contributed by atoms with Crippen LogP contribution in [-0.2, 0) is 16.2 Å². The van der Waals surface area contributed by atoms with E-state index in [4.69, 9.17) is 14.5 Å². The van der Waals surface area contributed by atoms with Crippen LogP contribution in [0.2, 0.25) is 25.7 Å². The van der Waals surface area contributed by atoms with Gasteiger partial charge >= 0.3 is 6.09 Å². The fourth-order valence-corrected chi connectivity index (χ4v) is 5.01. The quantitative estimate of drug-likeness (QED) is 0.280. The van der Waals surface area contributed by atoms with Gasteiger partial charge in [-0.05, 0) is 52.5 Å². The number of Topliss-reactive ketones (excluding diaryl/α,β-unsaturated/α-hetero) is 1. The van der Waals surface area contributed by atoms with Crippen LogP contribution < -0.4 is 5.32 Å². The van der Waals surface area contributed by atoms with E-state index in [1.807, 2.05) is 31.5 Å². The maximum Gasteiger partial charge on any atom is 0.410 e. The number of nitrogens with zero attached hydrogens (tertiary/aromatic N) is 4. The zero-order chi connectivity index (χ0) is 26.1. The van der Waals surface area contributed by atoms with Crippen molar-refractivity contribution < 1.29 is 19.1 Å². The molecule has 1 aliphatic heterocycles. The lowest BCUT2D eigenvalue weighted by molar-refractivity contribution is 0.0210. The molecule has 0 atom stereocenters. The van der Waals surface area contributed by atoms with Gasteiger partial charge in [0, 0.05) is 45.9 Å². The van der Waals surface area contributed by atoms with Crippen LogP contribution in [0.5, 0.6) is 0 Å². The monoisotopic (exact) mass is 515 g/mol. The number of carbonyl (C=O) groups excluding carboxylic acids is 2. The number of hydrogen-bond acceptors (Lipinski definition) is 7. The van der Waals surface area contributed by atoms with Crippen molar-refractivity contribution in [3.05, 3.63) is 18.0 Å². The van der Waals surface area contributed by atoms with E-state index in [2.05, 4.69) is 29.9 Å². The summed E-state index contributed by atoms with van der Waals surface area (Å²) in [5.74, 6) is 0.908. The summed E-state index contributed by atoms with van der Waals surface area (Å²) >= 11 is 0. The highest BCUT2D eigenvalue weighted by Gasteiger charge is 2.33. The highest BCUT2D eigenvalue weighted by atomic mass is 28.3. The van der Waals surface area contributed by atoms with Crippen molar-refractivity contribution in [2.75, 3.05) is 25.0 Å². The van der Waals surface area contributed by atoms with Crippen LogP contribution in [0.3, 0.4) is 0 Å². The summed E-state index contributed by atoms with van der Waals surface area (Å²) in [6.45, 7) is 14.9. The third-order valence-corrected chi connectivity index (χ3v) is 8.21. The summed E-state index contributed by atoms with van der Waals surface area (Å²) < 4.78 is 13.3. The SMILES string of the molecule is CC(C)(C)OC(=O)N1CCC(Nc2cnc3c(n2)c(C(=O)C2CC2)cn3COCC[Si](C)(C)C)CC1. The Bertz CT molecular complexity index is 1090. The number of ether oxygens (including phenoxy) is 2. The molecule has 1 amide bonds. The van der Waals surface area contributed by atoms with E-state index < -0.39 is 13.7 Å². The second-order valence-corrected chi connectivity index (χ2v) is 17.9. The third kappa shape index (κ3) is 7.06. The number of rotatable bonds is 9. The molecule has 2 aliphatic rings. The summed E-state index contributed by atoms with van der Waals surface area (Å²) in [6.07, 6.45) is 6.80. The predicted molar refractivity (Wildman–Crippen MR) is 143 cm³/mol. The summed E-state index contributed by atoms with van der Waals surface area (Å²) in [7, 11) is -1.17. The van der Waals surface area contributed by atoms with E-state index in [0.717, 1.165) is 31.7 Å². The largest absolute Gasteiger partial charge is 0.444 e. The molecule has 0 bridgehead atoms. The first-order valence-electron chi connectivity index (χ1n) is 13.1. The molecule has 3 heterocycles. The van der Waals surface area contributed by atoms with Crippen molar-refractivity contribution in [2.24, 2.45) is 5.92 Å². The topological polar surface area (TPSA) is 98.6 Å². The minimum Gasteiger partial charge on any atom is -0.444 e. The lowest BCUT2D eigenvalue weighted by Crippen LogP contribution is -2.44. The molecule has 198 valence electrons. The number of likely N-dealkylation sites (tertiary alicyclic amines) is 1.